The van der Waals surface area contributed by atoms with E-state index in [9.17, 15) is 9.59 Å². The first-order chi connectivity index (χ1) is 16.1. The van der Waals surface area contributed by atoms with E-state index in [1.54, 1.807) is 31.5 Å². The quantitative estimate of drug-likeness (QED) is 0.614. The first-order valence-corrected chi connectivity index (χ1v) is 11.8. The first-order valence-electron chi connectivity index (χ1n) is 11.8. The normalized spacial score (nSPS) is 19.2. The molecule has 2 N–H and O–H groups in total. The summed E-state index contributed by atoms with van der Waals surface area (Å²) in [7, 11) is 0. The predicted molar refractivity (Wildman–Crippen MR) is 129 cm³/mol. The highest BCUT2D eigenvalue weighted by Crippen LogP contribution is 2.44. The van der Waals surface area contributed by atoms with Crippen molar-refractivity contribution < 1.29 is 9.59 Å². The van der Waals surface area contributed by atoms with Gasteiger partial charge in [-0.25, -0.2) is 0 Å². The molecule has 2 aliphatic rings. The van der Waals surface area contributed by atoms with Crippen molar-refractivity contribution in [2.24, 2.45) is 0 Å². The average molecular weight is 440 g/mol. The van der Waals surface area contributed by atoms with Gasteiger partial charge in [0.1, 0.15) is 0 Å². The molecule has 0 fully saturated rings. The van der Waals surface area contributed by atoms with Crippen molar-refractivity contribution in [3.63, 3.8) is 0 Å². The minimum atomic E-state index is -0.166. The standard InChI is InChI=1S/C28H29N3O2/c1-18(32)30-24-14-12-19-7-2-4-10-22(19)26(24)27-23-11-5-3-8-20(23)13-15-25(27)31-28(33)21-9-6-16-29-17-21/h2,4,6-7,9-10,13,15-17,24,26H,3,5,8,11-12,14H2,1H3,(H,30,32)(H,31,33)/t24-,26?/m1/s1. The minimum absolute atomic E-state index is 0.00361. The molecule has 168 valence electrons. The number of nitrogens with zero attached hydrogens (tertiary/aromatic N) is 1. The maximum Gasteiger partial charge on any atom is 0.257 e. The van der Waals surface area contributed by atoms with E-state index in [-0.39, 0.29) is 23.8 Å². The SMILES string of the molecule is CC(=O)N[C@@H]1CCc2ccccc2C1c1c(NC(=O)c2cccnc2)ccc2c1CCCC2. The molecular weight excluding hydrogens is 410 g/mol. The molecule has 1 aromatic heterocycles. The molecule has 0 aliphatic heterocycles. The van der Waals surface area contributed by atoms with Crippen LogP contribution in [-0.4, -0.2) is 22.8 Å². The van der Waals surface area contributed by atoms with Gasteiger partial charge in [-0.2, -0.15) is 0 Å². The number of carbonyl (C=O) groups is 2. The van der Waals surface area contributed by atoms with Crippen molar-refractivity contribution in [2.75, 3.05) is 5.32 Å². The molecule has 0 saturated carbocycles. The average Bonchev–Trinajstić information content (AvgIpc) is 2.84. The number of hydrogen-bond donors (Lipinski definition) is 2. The summed E-state index contributed by atoms with van der Waals surface area (Å²) in [6.45, 7) is 1.59. The molecule has 2 aromatic carbocycles. The smallest absolute Gasteiger partial charge is 0.257 e. The van der Waals surface area contributed by atoms with Gasteiger partial charge in [0.2, 0.25) is 5.91 Å². The van der Waals surface area contributed by atoms with Gasteiger partial charge in [0.25, 0.3) is 5.91 Å². The van der Waals surface area contributed by atoms with Crippen LogP contribution in [0.4, 0.5) is 5.69 Å². The third kappa shape index (κ3) is 4.28. The minimum Gasteiger partial charge on any atom is -0.353 e. The van der Waals surface area contributed by atoms with E-state index in [1.165, 1.54) is 28.7 Å². The lowest BCUT2D eigenvalue weighted by Crippen LogP contribution is -2.42. The Hall–Kier alpha value is -3.47. The third-order valence-corrected chi connectivity index (χ3v) is 6.97. The van der Waals surface area contributed by atoms with Gasteiger partial charge in [0.15, 0.2) is 0 Å². The van der Waals surface area contributed by atoms with Crippen LogP contribution < -0.4 is 10.6 Å². The molecule has 2 amide bonds. The highest BCUT2D eigenvalue weighted by molar-refractivity contribution is 6.04. The molecule has 0 bridgehead atoms. The lowest BCUT2D eigenvalue weighted by Gasteiger charge is -2.37. The molecule has 1 heterocycles. The second-order valence-electron chi connectivity index (χ2n) is 9.09. The lowest BCUT2D eigenvalue weighted by atomic mass is 9.71. The molecule has 3 aromatic rings. The number of aryl methyl sites for hydroxylation is 2. The Bertz CT molecular complexity index is 1190. The van der Waals surface area contributed by atoms with Crippen molar-refractivity contribution in [2.45, 2.75) is 57.4 Å². The van der Waals surface area contributed by atoms with Crippen LogP contribution in [0, 0.1) is 0 Å². The highest BCUT2D eigenvalue weighted by Gasteiger charge is 2.35. The Balaban J connectivity index is 1.66. The predicted octanol–water partition coefficient (Wildman–Crippen LogP) is 4.80. The fraction of sp³-hybridized carbons (Fsp3) is 0.321. The third-order valence-electron chi connectivity index (χ3n) is 6.97. The molecule has 2 atom stereocenters. The van der Waals surface area contributed by atoms with Gasteiger partial charge < -0.3 is 10.6 Å². The number of nitrogens with one attached hydrogen (secondary N) is 2. The number of anilines is 1. The molecule has 0 spiro atoms. The molecule has 1 unspecified atom stereocenters. The second-order valence-corrected chi connectivity index (χ2v) is 9.09. The number of fused-ring (bicyclic) bond motifs is 2. The summed E-state index contributed by atoms with van der Waals surface area (Å²) in [5.74, 6) is -0.188. The number of aromatic nitrogens is 1. The summed E-state index contributed by atoms with van der Waals surface area (Å²) < 4.78 is 0. The summed E-state index contributed by atoms with van der Waals surface area (Å²) in [4.78, 5) is 29.3. The fourth-order valence-corrected chi connectivity index (χ4v) is 5.55. The number of hydrogen-bond acceptors (Lipinski definition) is 3. The van der Waals surface area contributed by atoms with E-state index >= 15 is 0 Å². The van der Waals surface area contributed by atoms with Crippen molar-refractivity contribution >= 4 is 17.5 Å². The summed E-state index contributed by atoms with van der Waals surface area (Å²) in [6.07, 6.45) is 9.43. The van der Waals surface area contributed by atoms with Crippen LogP contribution in [0.2, 0.25) is 0 Å². The van der Waals surface area contributed by atoms with Gasteiger partial charge in [-0.3, -0.25) is 14.6 Å². The second kappa shape index (κ2) is 9.18. The molecule has 0 radical (unpaired) electrons. The first kappa shape index (κ1) is 21.4. The molecule has 33 heavy (non-hydrogen) atoms. The summed E-state index contributed by atoms with van der Waals surface area (Å²) in [6, 6.07) is 16.3. The van der Waals surface area contributed by atoms with Crippen molar-refractivity contribution in [3.05, 3.63) is 94.3 Å². The Morgan fingerprint density at radius 1 is 0.939 bits per heavy atom. The van der Waals surface area contributed by atoms with E-state index in [4.69, 9.17) is 0 Å². The van der Waals surface area contributed by atoms with Crippen molar-refractivity contribution in [1.29, 1.82) is 0 Å². The number of rotatable bonds is 4. The Morgan fingerprint density at radius 2 is 1.79 bits per heavy atom. The summed E-state index contributed by atoms with van der Waals surface area (Å²) in [5.41, 5.74) is 7.79. The Kier molecular flexibility index (Phi) is 5.95. The van der Waals surface area contributed by atoms with Crippen LogP contribution >= 0.6 is 0 Å². The van der Waals surface area contributed by atoms with Crippen LogP contribution in [0.5, 0.6) is 0 Å². The van der Waals surface area contributed by atoms with Gasteiger partial charge >= 0.3 is 0 Å². The van der Waals surface area contributed by atoms with Gasteiger partial charge in [0, 0.05) is 37.0 Å². The number of amides is 2. The number of pyridine rings is 1. The molecule has 2 aliphatic carbocycles. The van der Waals surface area contributed by atoms with Crippen LogP contribution in [-0.2, 0) is 24.1 Å². The Labute approximate surface area is 194 Å². The zero-order valence-corrected chi connectivity index (χ0v) is 18.9. The maximum atomic E-state index is 13.1. The lowest BCUT2D eigenvalue weighted by molar-refractivity contribution is -0.119. The van der Waals surface area contributed by atoms with Gasteiger partial charge in [-0.15, -0.1) is 0 Å². The zero-order chi connectivity index (χ0) is 22.8. The fourth-order valence-electron chi connectivity index (χ4n) is 5.55. The molecule has 5 heteroatoms. The van der Waals surface area contributed by atoms with E-state index in [1.807, 2.05) is 0 Å². The molecule has 5 rings (SSSR count). The topological polar surface area (TPSA) is 71.1 Å². The van der Waals surface area contributed by atoms with Gasteiger partial charge in [0.05, 0.1) is 5.56 Å². The molecular formula is C28H29N3O2. The van der Waals surface area contributed by atoms with Crippen LogP contribution in [0.1, 0.15) is 70.3 Å². The largest absolute Gasteiger partial charge is 0.353 e. The van der Waals surface area contributed by atoms with Crippen LogP contribution in [0.3, 0.4) is 0 Å². The maximum absolute atomic E-state index is 13.1. The van der Waals surface area contributed by atoms with Crippen molar-refractivity contribution in [1.82, 2.24) is 10.3 Å². The van der Waals surface area contributed by atoms with Gasteiger partial charge in [-0.1, -0.05) is 30.3 Å². The van der Waals surface area contributed by atoms with Gasteiger partial charge in [-0.05, 0) is 84.5 Å². The summed E-state index contributed by atoms with van der Waals surface area (Å²) >= 11 is 0. The molecule has 0 saturated heterocycles. The number of carbonyl (C=O) groups excluding carboxylic acids is 2. The monoisotopic (exact) mass is 439 g/mol. The van der Waals surface area contributed by atoms with E-state index in [2.05, 4.69) is 52.0 Å². The van der Waals surface area contributed by atoms with Crippen LogP contribution in [0.15, 0.2) is 60.9 Å². The van der Waals surface area contributed by atoms with E-state index in [0.717, 1.165) is 43.4 Å². The summed E-state index contributed by atoms with van der Waals surface area (Å²) in [5, 5.41) is 6.42. The van der Waals surface area contributed by atoms with Crippen molar-refractivity contribution in [3.8, 4) is 0 Å². The molecule has 5 nitrogen and oxygen atoms in total. The Morgan fingerprint density at radius 3 is 2.61 bits per heavy atom. The van der Waals surface area contributed by atoms with E-state index < -0.39 is 0 Å². The zero-order valence-electron chi connectivity index (χ0n) is 18.9. The highest BCUT2D eigenvalue weighted by atomic mass is 16.2. The number of benzene rings is 2. The van der Waals surface area contributed by atoms with E-state index in [0.29, 0.717) is 5.56 Å². The van der Waals surface area contributed by atoms with Crippen LogP contribution in [0.25, 0.3) is 0 Å².